The predicted octanol–water partition coefficient (Wildman–Crippen LogP) is 5.54. The van der Waals surface area contributed by atoms with Gasteiger partial charge in [0.2, 0.25) is 0 Å². The maximum Gasteiger partial charge on any atom is 0.308 e. The Kier molecular flexibility index (Phi) is 8.30. The molecular formula is C23H27NO3. The summed E-state index contributed by atoms with van der Waals surface area (Å²) in [4.78, 5) is 23.1. The fourth-order valence-corrected chi connectivity index (χ4v) is 2.69. The molecule has 2 rings (SSSR count). The summed E-state index contributed by atoms with van der Waals surface area (Å²) in [6, 6.07) is 14.8. The number of ether oxygens (including phenoxy) is 1. The van der Waals surface area contributed by atoms with E-state index in [9.17, 15) is 9.59 Å². The second kappa shape index (κ2) is 11.0. The molecule has 0 amide bonds. The molecule has 0 aromatic heterocycles. The minimum absolute atomic E-state index is 0.0448. The van der Waals surface area contributed by atoms with Crippen LogP contribution in [0.1, 0.15) is 55.5 Å². The van der Waals surface area contributed by atoms with Crippen molar-refractivity contribution in [2.24, 2.45) is 0 Å². The lowest BCUT2D eigenvalue weighted by atomic mass is 10.0. The van der Waals surface area contributed by atoms with Gasteiger partial charge in [-0.15, -0.1) is 0 Å². The molecule has 0 radical (unpaired) electrons. The summed E-state index contributed by atoms with van der Waals surface area (Å²) in [5, 5.41) is 3.04. The van der Waals surface area contributed by atoms with Crippen LogP contribution in [-0.2, 0) is 11.2 Å². The smallest absolute Gasteiger partial charge is 0.308 e. The van der Waals surface area contributed by atoms with Gasteiger partial charge in [0, 0.05) is 30.5 Å². The van der Waals surface area contributed by atoms with Gasteiger partial charge < -0.3 is 10.1 Å². The Bertz CT molecular complexity index is 761. The van der Waals surface area contributed by atoms with Gasteiger partial charge in [-0.25, -0.2) is 0 Å². The highest BCUT2D eigenvalue weighted by Gasteiger charge is 2.02. The number of anilines is 1. The average molecular weight is 365 g/mol. The summed E-state index contributed by atoms with van der Waals surface area (Å²) in [6.07, 6.45) is 9.16. The van der Waals surface area contributed by atoms with Gasteiger partial charge in [0.25, 0.3) is 0 Å². The normalized spacial score (nSPS) is 10.7. The molecule has 4 heteroatoms. The first-order valence-electron chi connectivity index (χ1n) is 9.43. The van der Waals surface area contributed by atoms with E-state index in [4.69, 9.17) is 4.74 Å². The number of esters is 1. The van der Waals surface area contributed by atoms with Crippen molar-refractivity contribution in [3.8, 4) is 5.75 Å². The van der Waals surface area contributed by atoms with Crippen LogP contribution in [0, 0.1) is 0 Å². The zero-order valence-electron chi connectivity index (χ0n) is 16.0. The third kappa shape index (κ3) is 7.48. The van der Waals surface area contributed by atoms with Crippen molar-refractivity contribution >= 4 is 17.4 Å². The van der Waals surface area contributed by atoms with Gasteiger partial charge in [0.15, 0.2) is 5.78 Å². The summed E-state index contributed by atoms with van der Waals surface area (Å²) in [6.45, 7) is 3.57. The van der Waals surface area contributed by atoms with Crippen LogP contribution in [0.25, 0.3) is 0 Å². The van der Waals surface area contributed by atoms with Crippen LogP contribution in [0.4, 0.5) is 5.69 Å². The van der Waals surface area contributed by atoms with Gasteiger partial charge in [-0.2, -0.15) is 0 Å². The van der Waals surface area contributed by atoms with E-state index in [2.05, 4.69) is 12.2 Å². The van der Waals surface area contributed by atoms with Crippen molar-refractivity contribution < 1.29 is 14.3 Å². The topological polar surface area (TPSA) is 55.4 Å². The quantitative estimate of drug-likeness (QED) is 0.197. The van der Waals surface area contributed by atoms with Gasteiger partial charge in [0.1, 0.15) is 5.75 Å². The maximum atomic E-state index is 12.2. The van der Waals surface area contributed by atoms with E-state index >= 15 is 0 Å². The molecule has 0 saturated heterocycles. The lowest BCUT2D eigenvalue weighted by molar-refractivity contribution is -0.131. The Morgan fingerprint density at radius 2 is 1.67 bits per heavy atom. The Labute approximate surface area is 161 Å². The van der Waals surface area contributed by atoms with E-state index < -0.39 is 0 Å². The van der Waals surface area contributed by atoms with Crippen molar-refractivity contribution in [3.63, 3.8) is 0 Å². The van der Waals surface area contributed by atoms with Gasteiger partial charge in [-0.1, -0.05) is 50.5 Å². The summed E-state index contributed by atoms with van der Waals surface area (Å²) in [5.41, 5.74) is 2.76. The van der Waals surface area contributed by atoms with Crippen LogP contribution in [-0.4, -0.2) is 11.8 Å². The SMILES string of the molecule is CCCCCCc1ccc(C(=O)/C=C/Nc2ccc(OC(C)=O)cc2)cc1. The van der Waals surface area contributed by atoms with Crippen LogP contribution in [0.5, 0.6) is 5.75 Å². The van der Waals surface area contributed by atoms with Crippen LogP contribution in [0.3, 0.4) is 0 Å². The monoisotopic (exact) mass is 365 g/mol. The zero-order chi connectivity index (χ0) is 19.5. The number of ketones is 1. The second-order valence-electron chi connectivity index (χ2n) is 6.47. The third-order valence-electron chi connectivity index (χ3n) is 4.16. The Morgan fingerprint density at radius 3 is 2.30 bits per heavy atom. The number of benzene rings is 2. The number of hydrogen-bond donors (Lipinski definition) is 1. The molecule has 0 aliphatic heterocycles. The number of unbranched alkanes of at least 4 members (excludes halogenated alkanes) is 3. The Morgan fingerprint density at radius 1 is 0.963 bits per heavy atom. The first-order valence-corrected chi connectivity index (χ1v) is 9.43. The van der Waals surface area contributed by atoms with E-state index in [1.165, 1.54) is 44.2 Å². The minimum atomic E-state index is -0.354. The van der Waals surface area contributed by atoms with E-state index in [0.717, 1.165) is 12.1 Å². The molecule has 2 aromatic carbocycles. The van der Waals surface area contributed by atoms with Gasteiger partial charge in [0.05, 0.1) is 0 Å². The standard InChI is InChI=1S/C23H27NO3/c1-3-4-5-6-7-19-8-10-20(11-9-19)23(26)16-17-24-21-12-14-22(15-13-21)27-18(2)25/h8-17,24H,3-7H2,1-2H3/b17-16+. The molecule has 0 bridgehead atoms. The second-order valence-corrected chi connectivity index (χ2v) is 6.47. The maximum absolute atomic E-state index is 12.2. The molecule has 2 aromatic rings. The van der Waals surface area contributed by atoms with Crippen molar-refractivity contribution in [2.45, 2.75) is 46.0 Å². The molecule has 0 saturated carbocycles. The number of aryl methyl sites for hydroxylation is 1. The molecule has 0 heterocycles. The highest BCUT2D eigenvalue weighted by molar-refractivity contribution is 6.04. The van der Waals surface area contributed by atoms with Crippen molar-refractivity contribution in [1.82, 2.24) is 0 Å². The number of rotatable bonds is 10. The Hall–Kier alpha value is -2.88. The number of allylic oxidation sites excluding steroid dienone is 1. The molecular weight excluding hydrogens is 338 g/mol. The first-order chi connectivity index (χ1) is 13.1. The van der Waals surface area contributed by atoms with Gasteiger partial charge in [-0.3, -0.25) is 9.59 Å². The number of carbonyl (C=O) groups is 2. The first kappa shape index (κ1) is 20.4. The summed E-state index contributed by atoms with van der Waals surface area (Å²) < 4.78 is 4.98. The number of hydrogen-bond acceptors (Lipinski definition) is 4. The number of nitrogens with one attached hydrogen (secondary N) is 1. The highest BCUT2D eigenvalue weighted by atomic mass is 16.5. The average Bonchev–Trinajstić information content (AvgIpc) is 2.66. The molecule has 0 atom stereocenters. The third-order valence-corrected chi connectivity index (χ3v) is 4.16. The van der Waals surface area contributed by atoms with Crippen LogP contribution < -0.4 is 10.1 Å². The fraction of sp³-hybridized carbons (Fsp3) is 0.304. The lowest BCUT2D eigenvalue weighted by Crippen LogP contribution is -2.01. The molecule has 4 nitrogen and oxygen atoms in total. The van der Waals surface area contributed by atoms with Crippen molar-refractivity contribution in [1.29, 1.82) is 0 Å². The predicted molar refractivity (Wildman–Crippen MR) is 109 cm³/mol. The molecule has 0 spiro atoms. The van der Waals surface area contributed by atoms with Crippen LogP contribution in [0.15, 0.2) is 60.8 Å². The van der Waals surface area contributed by atoms with Crippen LogP contribution >= 0.6 is 0 Å². The largest absolute Gasteiger partial charge is 0.427 e. The molecule has 0 unspecified atom stereocenters. The van der Waals surface area contributed by atoms with E-state index in [-0.39, 0.29) is 11.8 Å². The molecule has 0 aliphatic carbocycles. The van der Waals surface area contributed by atoms with E-state index in [1.807, 2.05) is 24.3 Å². The summed E-state index contributed by atoms with van der Waals surface area (Å²) in [7, 11) is 0. The van der Waals surface area contributed by atoms with Crippen LogP contribution in [0.2, 0.25) is 0 Å². The van der Waals surface area contributed by atoms with Gasteiger partial charge >= 0.3 is 5.97 Å². The number of carbonyl (C=O) groups excluding carboxylic acids is 2. The molecule has 0 fully saturated rings. The Balaban J connectivity index is 1.82. The van der Waals surface area contributed by atoms with Crippen molar-refractivity contribution in [3.05, 3.63) is 71.9 Å². The van der Waals surface area contributed by atoms with E-state index in [0.29, 0.717) is 11.3 Å². The molecule has 142 valence electrons. The molecule has 27 heavy (non-hydrogen) atoms. The fourth-order valence-electron chi connectivity index (χ4n) is 2.69. The zero-order valence-corrected chi connectivity index (χ0v) is 16.0. The summed E-state index contributed by atoms with van der Waals surface area (Å²) in [5.74, 6) is 0.0904. The molecule has 0 aliphatic rings. The van der Waals surface area contributed by atoms with Crippen molar-refractivity contribution in [2.75, 3.05) is 5.32 Å². The van der Waals surface area contributed by atoms with E-state index in [1.54, 1.807) is 30.5 Å². The summed E-state index contributed by atoms with van der Waals surface area (Å²) >= 11 is 0. The minimum Gasteiger partial charge on any atom is -0.427 e. The highest BCUT2D eigenvalue weighted by Crippen LogP contribution is 2.16. The molecule has 1 N–H and O–H groups in total. The van der Waals surface area contributed by atoms with Gasteiger partial charge in [-0.05, 0) is 42.7 Å². The lowest BCUT2D eigenvalue weighted by Gasteiger charge is -2.04.